The zero-order valence-electron chi connectivity index (χ0n) is 12.2. The number of carbonyl (C=O) groups excluding carboxylic acids is 3. The topological polar surface area (TPSA) is 70.1 Å². The van der Waals surface area contributed by atoms with E-state index in [1.807, 2.05) is 6.07 Å². The summed E-state index contributed by atoms with van der Waals surface area (Å²) in [5.41, 5.74) is 2.00. The summed E-state index contributed by atoms with van der Waals surface area (Å²) in [6.07, 6.45) is 0. The van der Waals surface area contributed by atoms with Gasteiger partial charge in [-0.25, -0.2) is 0 Å². The summed E-state index contributed by atoms with van der Waals surface area (Å²) in [6.45, 7) is 0. The average molecular weight is 305 g/mol. The first-order chi connectivity index (χ1) is 11.1. The van der Waals surface area contributed by atoms with Crippen LogP contribution in [0.5, 0.6) is 0 Å². The highest BCUT2D eigenvalue weighted by Crippen LogP contribution is 2.29. The molecule has 112 valence electrons. The van der Waals surface area contributed by atoms with E-state index in [0.717, 1.165) is 5.01 Å². The van der Waals surface area contributed by atoms with E-state index >= 15 is 0 Å². The van der Waals surface area contributed by atoms with Crippen LogP contribution in [-0.4, -0.2) is 35.5 Å². The highest BCUT2D eigenvalue weighted by Gasteiger charge is 2.38. The van der Waals surface area contributed by atoms with Crippen molar-refractivity contribution in [2.24, 2.45) is 5.10 Å². The van der Waals surface area contributed by atoms with Crippen molar-refractivity contribution in [1.82, 2.24) is 5.01 Å². The van der Waals surface area contributed by atoms with E-state index in [1.54, 1.807) is 49.5 Å². The van der Waals surface area contributed by atoms with Gasteiger partial charge in [0.1, 0.15) is 0 Å². The predicted octanol–water partition coefficient (Wildman–Crippen LogP) is 1.66. The van der Waals surface area contributed by atoms with Crippen LogP contribution in [0.4, 0.5) is 5.69 Å². The maximum atomic E-state index is 12.4. The van der Waals surface area contributed by atoms with Gasteiger partial charge in [0, 0.05) is 12.6 Å². The third kappa shape index (κ3) is 1.75. The second kappa shape index (κ2) is 4.61. The maximum Gasteiger partial charge on any atom is 0.282 e. The number of amides is 3. The summed E-state index contributed by atoms with van der Waals surface area (Å²) in [5, 5.41) is 4.86. The van der Waals surface area contributed by atoms with E-state index in [2.05, 4.69) is 5.10 Å². The smallest absolute Gasteiger partial charge is 0.282 e. The molecule has 2 aromatic rings. The number of imide groups is 1. The largest absolute Gasteiger partial charge is 0.309 e. The Morgan fingerprint density at radius 3 is 1.87 bits per heavy atom. The molecule has 0 aromatic heterocycles. The summed E-state index contributed by atoms with van der Waals surface area (Å²) >= 11 is 0. The maximum absolute atomic E-state index is 12.4. The summed E-state index contributed by atoms with van der Waals surface area (Å²) in [7, 11) is 1.63. The lowest BCUT2D eigenvalue weighted by Gasteiger charge is -2.08. The third-order valence-electron chi connectivity index (χ3n) is 4.00. The molecule has 3 amide bonds. The highest BCUT2D eigenvalue weighted by molar-refractivity contribution is 6.54. The number of benzene rings is 2. The molecule has 0 fully saturated rings. The van der Waals surface area contributed by atoms with Crippen molar-refractivity contribution < 1.29 is 14.4 Å². The zero-order chi connectivity index (χ0) is 16.1. The second-order valence-corrected chi connectivity index (χ2v) is 5.30. The Kier molecular flexibility index (Phi) is 2.68. The van der Waals surface area contributed by atoms with Gasteiger partial charge in [-0.05, 0) is 18.2 Å². The molecule has 0 unspecified atom stereocenters. The van der Waals surface area contributed by atoms with Crippen LogP contribution in [0.3, 0.4) is 0 Å². The lowest BCUT2D eigenvalue weighted by Crippen LogP contribution is -2.30. The van der Waals surface area contributed by atoms with Gasteiger partial charge in [0.2, 0.25) is 0 Å². The minimum absolute atomic E-state index is 0.0950. The van der Waals surface area contributed by atoms with Gasteiger partial charge in [-0.1, -0.05) is 30.3 Å². The molecule has 0 radical (unpaired) electrons. The van der Waals surface area contributed by atoms with Gasteiger partial charge in [0.05, 0.1) is 16.8 Å². The number of anilines is 1. The Bertz CT molecular complexity index is 882. The number of para-hydroxylation sites is 1. The number of nitrogens with zero attached hydrogens (tertiary/aromatic N) is 3. The molecule has 4 rings (SSSR count). The molecule has 6 heteroatoms. The molecule has 0 bridgehead atoms. The van der Waals surface area contributed by atoms with E-state index in [9.17, 15) is 14.4 Å². The first kappa shape index (κ1) is 13.4. The fourth-order valence-electron chi connectivity index (χ4n) is 2.81. The second-order valence-electron chi connectivity index (χ2n) is 5.30. The Balaban J connectivity index is 1.82. The molecule has 0 saturated carbocycles. The van der Waals surface area contributed by atoms with Crippen molar-refractivity contribution in [2.45, 2.75) is 0 Å². The highest BCUT2D eigenvalue weighted by atomic mass is 16.2. The Labute approximate surface area is 131 Å². The zero-order valence-corrected chi connectivity index (χ0v) is 12.2. The number of likely N-dealkylation sites (N-methyl/N-ethyl adjacent to an activating group) is 1. The van der Waals surface area contributed by atoms with Gasteiger partial charge in [0.15, 0.2) is 5.71 Å². The molecule has 0 atom stereocenters. The fourth-order valence-corrected chi connectivity index (χ4v) is 2.81. The van der Waals surface area contributed by atoms with Crippen LogP contribution in [0.2, 0.25) is 0 Å². The molecule has 2 aliphatic heterocycles. The first-order valence-electron chi connectivity index (χ1n) is 7.03. The van der Waals surface area contributed by atoms with Crippen molar-refractivity contribution in [3.05, 3.63) is 65.2 Å². The fraction of sp³-hybridized carbons (Fsp3) is 0.0588. The standard InChI is InChI=1S/C17H11N3O3/c1-19-13-9-5-4-8-12(13)14(17(19)23)18-20-15(21)10-6-2-3-7-11(10)16(20)22/h2-9H,1H3/b18-14+. The number of carbonyl (C=O) groups is 3. The van der Waals surface area contributed by atoms with Crippen molar-refractivity contribution in [3.63, 3.8) is 0 Å². The lowest BCUT2D eigenvalue weighted by molar-refractivity contribution is -0.112. The summed E-state index contributed by atoms with van der Waals surface area (Å²) in [4.78, 5) is 38.6. The molecule has 0 N–H and O–H groups in total. The quantitative estimate of drug-likeness (QED) is 0.752. The average Bonchev–Trinajstić information content (AvgIpc) is 2.97. The molecule has 23 heavy (non-hydrogen) atoms. The minimum Gasteiger partial charge on any atom is -0.309 e. The normalized spacial score (nSPS) is 18.0. The SMILES string of the molecule is CN1C(=O)/C(=N/N2C(=O)c3ccccc3C2=O)c2ccccc21. The number of rotatable bonds is 1. The van der Waals surface area contributed by atoms with Gasteiger partial charge in [-0.15, -0.1) is 0 Å². The molecule has 0 saturated heterocycles. The van der Waals surface area contributed by atoms with Crippen LogP contribution in [0.25, 0.3) is 0 Å². The Morgan fingerprint density at radius 2 is 1.26 bits per heavy atom. The van der Waals surface area contributed by atoms with Gasteiger partial charge >= 0.3 is 0 Å². The molecule has 6 nitrogen and oxygen atoms in total. The summed E-state index contributed by atoms with van der Waals surface area (Å²) < 4.78 is 0. The molecule has 2 aromatic carbocycles. The van der Waals surface area contributed by atoms with Crippen molar-refractivity contribution in [3.8, 4) is 0 Å². The van der Waals surface area contributed by atoms with Crippen LogP contribution < -0.4 is 4.90 Å². The van der Waals surface area contributed by atoms with Gasteiger partial charge in [-0.3, -0.25) is 14.4 Å². The van der Waals surface area contributed by atoms with Crippen molar-refractivity contribution in [1.29, 1.82) is 0 Å². The molecule has 0 aliphatic carbocycles. The van der Waals surface area contributed by atoms with E-state index < -0.39 is 11.8 Å². The van der Waals surface area contributed by atoms with Gasteiger partial charge in [-0.2, -0.15) is 10.1 Å². The monoisotopic (exact) mass is 305 g/mol. The molecule has 2 heterocycles. The molecule has 0 spiro atoms. The van der Waals surface area contributed by atoms with E-state index in [-0.39, 0.29) is 11.6 Å². The van der Waals surface area contributed by atoms with Crippen molar-refractivity contribution in [2.75, 3.05) is 11.9 Å². The predicted molar refractivity (Wildman–Crippen MR) is 83.3 cm³/mol. The van der Waals surface area contributed by atoms with E-state index in [0.29, 0.717) is 22.4 Å². The molecule has 2 aliphatic rings. The minimum atomic E-state index is -0.516. The Morgan fingerprint density at radius 1 is 0.739 bits per heavy atom. The van der Waals surface area contributed by atoms with Crippen LogP contribution in [0.1, 0.15) is 26.3 Å². The van der Waals surface area contributed by atoms with Crippen LogP contribution in [-0.2, 0) is 4.79 Å². The van der Waals surface area contributed by atoms with E-state index in [1.165, 1.54) is 4.90 Å². The first-order valence-corrected chi connectivity index (χ1v) is 7.03. The van der Waals surface area contributed by atoms with Crippen molar-refractivity contribution >= 4 is 29.1 Å². The summed E-state index contributed by atoms with van der Waals surface area (Å²) in [6, 6.07) is 13.6. The third-order valence-corrected chi connectivity index (χ3v) is 4.00. The Hall–Kier alpha value is -3.28. The van der Waals surface area contributed by atoms with E-state index in [4.69, 9.17) is 0 Å². The lowest BCUT2D eigenvalue weighted by atomic mass is 10.1. The van der Waals surface area contributed by atoms with Crippen LogP contribution in [0.15, 0.2) is 53.6 Å². The van der Waals surface area contributed by atoms with Gasteiger partial charge in [0.25, 0.3) is 17.7 Å². The summed E-state index contributed by atoms with van der Waals surface area (Å²) in [5.74, 6) is -1.38. The number of hydrogen-bond acceptors (Lipinski definition) is 4. The number of fused-ring (bicyclic) bond motifs is 2. The number of hydrogen-bond donors (Lipinski definition) is 0. The molecular formula is C17H11N3O3. The van der Waals surface area contributed by atoms with Gasteiger partial charge < -0.3 is 4.90 Å². The molecular weight excluding hydrogens is 294 g/mol. The van der Waals surface area contributed by atoms with Crippen LogP contribution >= 0.6 is 0 Å². The number of hydrazone groups is 1. The van der Waals surface area contributed by atoms with Crippen LogP contribution in [0, 0.1) is 0 Å².